The number of piperidine rings is 1. The van der Waals surface area contributed by atoms with Crippen molar-refractivity contribution in [1.29, 1.82) is 0 Å². The molecular formula is C10H20N2O2S. The lowest BCUT2D eigenvalue weighted by Gasteiger charge is -2.22. The van der Waals surface area contributed by atoms with Crippen LogP contribution in [-0.2, 0) is 15.6 Å². The summed E-state index contributed by atoms with van der Waals surface area (Å²) in [5.74, 6) is 1.29. The molecule has 88 valence electrons. The molecule has 2 unspecified atom stereocenters. The first kappa shape index (κ1) is 12.6. The van der Waals surface area contributed by atoms with Crippen LogP contribution in [0.3, 0.4) is 0 Å². The van der Waals surface area contributed by atoms with Gasteiger partial charge < -0.3 is 10.6 Å². The number of hydrogen-bond acceptors (Lipinski definition) is 3. The third-order valence-corrected chi connectivity index (χ3v) is 3.88. The van der Waals surface area contributed by atoms with Gasteiger partial charge in [0.1, 0.15) is 0 Å². The largest absolute Gasteiger partial charge is 0.354 e. The summed E-state index contributed by atoms with van der Waals surface area (Å²) in [7, 11) is -0.783. The summed E-state index contributed by atoms with van der Waals surface area (Å²) in [5.41, 5.74) is 0. The molecule has 5 heteroatoms. The summed E-state index contributed by atoms with van der Waals surface area (Å²) in [5, 5.41) is 6.01. The molecule has 4 nitrogen and oxygen atoms in total. The number of amides is 1. The zero-order chi connectivity index (χ0) is 11.1. The van der Waals surface area contributed by atoms with Crippen molar-refractivity contribution in [2.45, 2.75) is 32.2 Å². The van der Waals surface area contributed by atoms with Gasteiger partial charge >= 0.3 is 0 Å². The van der Waals surface area contributed by atoms with E-state index < -0.39 is 10.8 Å². The zero-order valence-electron chi connectivity index (χ0n) is 9.25. The van der Waals surface area contributed by atoms with E-state index in [0.29, 0.717) is 18.1 Å². The van der Waals surface area contributed by atoms with Crippen LogP contribution in [0.4, 0.5) is 0 Å². The normalized spacial score (nSPS) is 23.4. The van der Waals surface area contributed by atoms with Crippen LogP contribution in [0.2, 0.25) is 0 Å². The fourth-order valence-electron chi connectivity index (χ4n) is 1.63. The summed E-state index contributed by atoms with van der Waals surface area (Å²) >= 11 is 0. The van der Waals surface area contributed by atoms with Gasteiger partial charge in [-0.05, 0) is 19.4 Å². The molecular weight excluding hydrogens is 212 g/mol. The maximum absolute atomic E-state index is 11.6. The van der Waals surface area contributed by atoms with E-state index in [-0.39, 0.29) is 11.9 Å². The number of carbonyl (C=O) groups is 1. The lowest BCUT2D eigenvalue weighted by atomic mass is 10.0. The molecule has 1 fully saturated rings. The van der Waals surface area contributed by atoms with Gasteiger partial charge in [-0.15, -0.1) is 0 Å². The lowest BCUT2D eigenvalue weighted by molar-refractivity contribution is -0.123. The minimum absolute atomic E-state index is 0.0335. The average Bonchev–Trinajstić information content (AvgIpc) is 2.29. The minimum Gasteiger partial charge on any atom is -0.354 e. The average molecular weight is 232 g/mol. The van der Waals surface area contributed by atoms with E-state index in [2.05, 4.69) is 10.6 Å². The Morgan fingerprint density at radius 1 is 1.53 bits per heavy atom. The third kappa shape index (κ3) is 4.75. The van der Waals surface area contributed by atoms with Gasteiger partial charge in [0.2, 0.25) is 5.91 Å². The highest BCUT2D eigenvalue weighted by Gasteiger charge is 2.19. The predicted molar refractivity (Wildman–Crippen MR) is 62.2 cm³/mol. The smallest absolute Gasteiger partial charge is 0.237 e. The van der Waals surface area contributed by atoms with Crippen molar-refractivity contribution in [3.05, 3.63) is 0 Å². The second-order valence-corrected chi connectivity index (χ2v) is 5.59. The van der Waals surface area contributed by atoms with E-state index >= 15 is 0 Å². The molecule has 15 heavy (non-hydrogen) atoms. The fraction of sp³-hybridized carbons (Fsp3) is 0.900. The first-order chi connectivity index (χ1) is 7.24. The van der Waals surface area contributed by atoms with E-state index in [1.54, 1.807) is 0 Å². The molecule has 0 radical (unpaired) electrons. The second kappa shape index (κ2) is 6.95. The molecule has 0 spiro atoms. The standard InChI is InChI=1S/C10H20N2O2S/c1-2-15(14)8-7-12-10(13)9-5-3-4-6-11-9/h9,11H,2-8H2,1H3,(H,12,13). The van der Waals surface area contributed by atoms with E-state index in [0.717, 1.165) is 25.8 Å². The molecule has 2 atom stereocenters. The number of carbonyl (C=O) groups excluding carboxylic acids is 1. The Kier molecular flexibility index (Phi) is 5.86. The van der Waals surface area contributed by atoms with Gasteiger partial charge in [-0.25, -0.2) is 0 Å². The van der Waals surface area contributed by atoms with Crippen molar-refractivity contribution in [2.24, 2.45) is 0 Å². The monoisotopic (exact) mass is 232 g/mol. The van der Waals surface area contributed by atoms with Gasteiger partial charge in [-0.2, -0.15) is 0 Å². The molecule has 0 aromatic rings. The number of hydrogen-bond donors (Lipinski definition) is 2. The van der Waals surface area contributed by atoms with Crippen LogP contribution in [0, 0.1) is 0 Å². The Bertz CT molecular complexity index is 227. The Balaban J connectivity index is 2.14. The van der Waals surface area contributed by atoms with Crippen molar-refractivity contribution in [2.75, 3.05) is 24.6 Å². The van der Waals surface area contributed by atoms with Crippen LogP contribution in [0.15, 0.2) is 0 Å². The van der Waals surface area contributed by atoms with Crippen LogP contribution < -0.4 is 10.6 Å². The van der Waals surface area contributed by atoms with Crippen molar-refractivity contribution in [1.82, 2.24) is 10.6 Å². The molecule has 0 aromatic heterocycles. The highest BCUT2D eigenvalue weighted by molar-refractivity contribution is 7.84. The van der Waals surface area contributed by atoms with Crippen LogP contribution in [-0.4, -0.2) is 40.8 Å². The van der Waals surface area contributed by atoms with Crippen molar-refractivity contribution in [3.63, 3.8) is 0 Å². The summed E-state index contributed by atoms with van der Waals surface area (Å²) in [4.78, 5) is 11.6. The zero-order valence-corrected chi connectivity index (χ0v) is 10.1. The summed E-state index contributed by atoms with van der Waals surface area (Å²) in [6, 6.07) is -0.0335. The number of rotatable bonds is 5. The number of nitrogens with one attached hydrogen (secondary N) is 2. The van der Waals surface area contributed by atoms with E-state index in [9.17, 15) is 9.00 Å². The summed E-state index contributed by atoms with van der Waals surface area (Å²) in [6.07, 6.45) is 3.19. The molecule has 0 bridgehead atoms. The van der Waals surface area contributed by atoms with Crippen LogP contribution in [0.1, 0.15) is 26.2 Å². The Morgan fingerprint density at radius 3 is 2.93 bits per heavy atom. The molecule has 0 aliphatic carbocycles. The first-order valence-corrected chi connectivity index (χ1v) is 7.09. The maximum Gasteiger partial charge on any atom is 0.237 e. The molecule has 2 N–H and O–H groups in total. The van der Waals surface area contributed by atoms with E-state index in [1.807, 2.05) is 6.92 Å². The predicted octanol–water partition coefficient (Wildman–Crippen LogP) is 0.0133. The lowest BCUT2D eigenvalue weighted by Crippen LogP contribution is -2.47. The molecule has 1 rings (SSSR count). The third-order valence-electron chi connectivity index (χ3n) is 2.58. The Morgan fingerprint density at radius 2 is 2.33 bits per heavy atom. The van der Waals surface area contributed by atoms with Crippen molar-refractivity contribution < 1.29 is 9.00 Å². The van der Waals surface area contributed by atoms with Gasteiger partial charge in [0.05, 0.1) is 6.04 Å². The molecule has 1 heterocycles. The minimum atomic E-state index is -0.783. The Hall–Kier alpha value is -0.420. The SMILES string of the molecule is CCS(=O)CCNC(=O)C1CCCCN1. The molecule has 1 aliphatic rings. The summed E-state index contributed by atoms with van der Waals surface area (Å²) < 4.78 is 11.1. The van der Waals surface area contributed by atoms with Crippen LogP contribution in [0.5, 0.6) is 0 Å². The molecule has 1 aliphatic heterocycles. The van der Waals surface area contributed by atoms with Gasteiger partial charge in [0, 0.05) is 28.9 Å². The van der Waals surface area contributed by atoms with Gasteiger partial charge in [-0.3, -0.25) is 9.00 Å². The molecule has 0 saturated carbocycles. The van der Waals surface area contributed by atoms with Crippen molar-refractivity contribution in [3.8, 4) is 0 Å². The maximum atomic E-state index is 11.6. The van der Waals surface area contributed by atoms with Crippen LogP contribution in [0.25, 0.3) is 0 Å². The summed E-state index contributed by atoms with van der Waals surface area (Å²) in [6.45, 7) is 3.34. The topological polar surface area (TPSA) is 58.2 Å². The molecule has 1 amide bonds. The van der Waals surface area contributed by atoms with E-state index in [4.69, 9.17) is 0 Å². The highest BCUT2D eigenvalue weighted by atomic mass is 32.2. The second-order valence-electron chi connectivity index (χ2n) is 3.73. The fourth-order valence-corrected chi connectivity index (χ4v) is 2.25. The molecule has 1 saturated heterocycles. The van der Waals surface area contributed by atoms with Gasteiger partial charge in [0.15, 0.2) is 0 Å². The van der Waals surface area contributed by atoms with E-state index in [1.165, 1.54) is 0 Å². The van der Waals surface area contributed by atoms with Gasteiger partial charge in [0.25, 0.3) is 0 Å². The highest BCUT2D eigenvalue weighted by Crippen LogP contribution is 2.06. The van der Waals surface area contributed by atoms with Crippen molar-refractivity contribution >= 4 is 16.7 Å². The van der Waals surface area contributed by atoms with Crippen LogP contribution >= 0.6 is 0 Å². The quantitative estimate of drug-likeness (QED) is 0.702. The molecule has 0 aromatic carbocycles. The van der Waals surface area contributed by atoms with Gasteiger partial charge in [-0.1, -0.05) is 13.3 Å². The first-order valence-electron chi connectivity index (χ1n) is 5.60. The Labute approximate surface area is 93.7 Å².